The molecule has 2 rings (SSSR count). The molecule has 0 spiro atoms. The minimum absolute atomic E-state index is 0.789. The summed E-state index contributed by atoms with van der Waals surface area (Å²) in [4.78, 5) is 4.62. The Hall–Kier alpha value is -2.38. The Bertz CT molecular complexity index is 628. The van der Waals surface area contributed by atoms with Gasteiger partial charge in [0, 0.05) is 45.8 Å². The van der Waals surface area contributed by atoms with Gasteiger partial charge in [0.2, 0.25) is 0 Å². The van der Waals surface area contributed by atoms with Crippen molar-refractivity contribution in [3.8, 4) is 0 Å². The molecule has 0 unspecified atom stereocenters. The van der Waals surface area contributed by atoms with E-state index in [1.54, 1.807) is 6.33 Å². The predicted octanol–water partition coefficient (Wildman–Crippen LogP) is 0.762. The van der Waals surface area contributed by atoms with E-state index >= 15 is 0 Å². The van der Waals surface area contributed by atoms with Gasteiger partial charge >= 0.3 is 0 Å². The Morgan fingerprint density at radius 3 is 2.88 bits per heavy atom. The normalized spacial score (nSPS) is 11.7. The van der Waals surface area contributed by atoms with Gasteiger partial charge in [0.05, 0.1) is 6.20 Å². The van der Waals surface area contributed by atoms with Gasteiger partial charge in [-0.25, -0.2) is 0 Å². The summed E-state index contributed by atoms with van der Waals surface area (Å²) in [6, 6.07) is 0. The van der Waals surface area contributed by atoms with Crippen molar-refractivity contribution >= 4 is 5.96 Å². The second-order valence-corrected chi connectivity index (χ2v) is 5.61. The quantitative estimate of drug-likeness (QED) is 0.402. The van der Waals surface area contributed by atoms with Crippen LogP contribution in [0.15, 0.2) is 23.7 Å². The summed E-state index contributed by atoms with van der Waals surface area (Å²) in [6.45, 7) is 7.41. The van der Waals surface area contributed by atoms with E-state index in [1.165, 1.54) is 5.56 Å². The molecule has 132 valence electrons. The molecule has 2 aromatic heterocycles. The monoisotopic (exact) mass is 332 g/mol. The van der Waals surface area contributed by atoms with Crippen molar-refractivity contribution < 1.29 is 0 Å². The highest BCUT2D eigenvalue weighted by molar-refractivity contribution is 5.79. The van der Waals surface area contributed by atoms with Gasteiger partial charge in [-0.2, -0.15) is 5.10 Å². The summed E-state index contributed by atoms with van der Waals surface area (Å²) in [6.07, 6.45) is 8.64. The van der Waals surface area contributed by atoms with Crippen LogP contribution in [0.1, 0.15) is 31.7 Å². The highest BCUT2D eigenvalue weighted by Gasteiger charge is 2.02. The first-order valence-corrected chi connectivity index (χ1v) is 8.59. The summed E-state index contributed by atoms with van der Waals surface area (Å²) < 4.78 is 3.90. The maximum Gasteiger partial charge on any atom is 0.191 e. The summed E-state index contributed by atoms with van der Waals surface area (Å²) in [5.41, 5.74) is 1.25. The number of nitrogens with zero attached hydrogens (tertiary/aromatic N) is 6. The lowest BCUT2D eigenvalue weighted by Crippen LogP contribution is -2.39. The van der Waals surface area contributed by atoms with E-state index in [4.69, 9.17) is 0 Å². The van der Waals surface area contributed by atoms with E-state index in [0.29, 0.717) is 0 Å². The van der Waals surface area contributed by atoms with E-state index in [-0.39, 0.29) is 0 Å². The smallest absolute Gasteiger partial charge is 0.191 e. The standard InChI is InChI=1S/C16H28N8/c1-4-15-22-20-13-24(15)10-9-19-16(17-5-2)18-8-6-7-14-11-21-23(3)12-14/h11-13H,4-10H2,1-3H3,(H2,17,18,19). The van der Waals surface area contributed by atoms with Crippen molar-refractivity contribution in [3.05, 3.63) is 30.1 Å². The molecule has 0 bridgehead atoms. The van der Waals surface area contributed by atoms with Crippen LogP contribution < -0.4 is 10.6 Å². The van der Waals surface area contributed by atoms with Gasteiger partial charge in [-0.1, -0.05) is 6.92 Å². The van der Waals surface area contributed by atoms with Gasteiger partial charge < -0.3 is 15.2 Å². The van der Waals surface area contributed by atoms with Crippen molar-refractivity contribution in [2.75, 3.05) is 19.6 Å². The zero-order chi connectivity index (χ0) is 17.2. The molecule has 2 heterocycles. The number of aromatic nitrogens is 5. The fourth-order valence-electron chi connectivity index (χ4n) is 2.45. The molecule has 0 aliphatic rings. The van der Waals surface area contributed by atoms with Crippen molar-refractivity contribution in [2.24, 2.45) is 12.0 Å². The molecule has 0 saturated heterocycles. The molecular weight excluding hydrogens is 304 g/mol. The van der Waals surface area contributed by atoms with Crippen LogP contribution in [0.4, 0.5) is 0 Å². The number of nitrogens with one attached hydrogen (secondary N) is 2. The van der Waals surface area contributed by atoms with Crippen LogP contribution in [-0.4, -0.2) is 50.1 Å². The molecule has 0 saturated carbocycles. The fourth-order valence-corrected chi connectivity index (χ4v) is 2.45. The summed E-state index contributed by atoms with van der Waals surface area (Å²) in [5.74, 6) is 1.87. The van der Waals surface area contributed by atoms with Crippen LogP contribution >= 0.6 is 0 Å². The second-order valence-electron chi connectivity index (χ2n) is 5.61. The van der Waals surface area contributed by atoms with Gasteiger partial charge in [0.15, 0.2) is 5.96 Å². The molecule has 8 nitrogen and oxygen atoms in total. The van der Waals surface area contributed by atoms with Gasteiger partial charge in [-0.3, -0.25) is 9.67 Å². The molecule has 2 N–H and O–H groups in total. The molecule has 0 aromatic carbocycles. The molecule has 0 amide bonds. The van der Waals surface area contributed by atoms with Gasteiger partial charge in [0.25, 0.3) is 0 Å². The molecule has 24 heavy (non-hydrogen) atoms. The topological polar surface area (TPSA) is 85.0 Å². The van der Waals surface area contributed by atoms with Crippen LogP contribution in [0.5, 0.6) is 0 Å². The number of aliphatic imine (C=N–C) groups is 1. The third kappa shape index (κ3) is 5.68. The lowest BCUT2D eigenvalue weighted by molar-refractivity contribution is 0.632. The van der Waals surface area contributed by atoms with E-state index in [2.05, 4.69) is 55.5 Å². The lowest BCUT2D eigenvalue weighted by Gasteiger charge is -2.12. The Kier molecular flexibility index (Phi) is 7.25. The Morgan fingerprint density at radius 2 is 2.17 bits per heavy atom. The minimum Gasteiger partial charge on any atom is -0.357 e. The maximum absolute atomic E-state index is 4.62. The first kappa shape index (κ1) is 18.0. The number of hydrogen-bond acceptors (Lipinski definition) is 4. The number of aryl methyl sites for hydroxylation is 3. The Labute approximate surface area is 143 Å². The Morgan fingerprint density at radius 1 is 1.29 bits per heavy atom. The Balaban J connectivity index is 1.73. The highest BCUT2D eigenvalue weighted by Crippen LogP contribution is 2.00. The van der Waals surface area contributed by atoms with Gasteiger partial charge in [0.1, 0.15) is 12.2 Å². The molecular formula is C16H28N8. The van der Waals surface area contributed by atoms with E-state index in [9.17, 15) is 0 Å². The van der Waals surface area contributed by atoms with Gasteiger partial charge in [-0.05, 0) is 25.3 Å². The fraction of sp³-hybridized carbons (Fsp3) is 0.625. The molecule has 0 radical (unpaired) electrons. The summed E-state index contributed by atoms with van der Waals surface area (Å²) >= 11 is 0. The zero-order valence-corrected chi connectivity index (χ0v) is 14.9. The zero-order valence-electron chi connectivity index (χ0n) is 14.9. The molecule has 0 aliphatic heterocycles. The largest absolute Gasteiger partial charge is 0.357 e. The van der Waals surface area contributed by atoms with Crippen LogP contribution in [0.2, 0.25) is 0 Å². The second kappa shape index (κ2) is 9.69. The first-order valence-electron chi connectivity index (χ1n) is 8.59. The lowest BCUT2D eigenvalue weighted by atomic mass is 10.2. The van der Waals surface area contributed by atoms with Crippen molar-refractivity contribution in [1.82, 2.24) is 35.2 Å². The van der Waals surface area contributed by atoms with E-state index in [1.807, 2.05) is 17.9 Å². The molecule has 8 heteroatoms. The van der Waals surface area contributed by atoms with Crippen LogP contribution in [0.25, 0.3) is 0 Å². The molecule has 0 aliphatic carbocycles. The van der Waals surface area contributed by atoms with E-state index < -0.39 is 0 Å². The third-order valence-corrected chi connectivity index (χ3v) is 3.65. The SMILES string of the molecule is CCNC(=NCCCc1cnn(C)c1)NCCn1cnnc1CC. The number of guanidine groups is 1. The highest BCUT2D eigenvalue weighted by atomic mass is 15.3. The van der Waals surface area contributed by atoms with Crippen molar-refractivity contribution in [3.63, 3.8) is 0 Å². The first-order chi connectivity index (χ1) is 11.7. The van der Waals surface area contributed by atoms with E-state index in [0.717, 1.165) is 57.2 Å². The van der Waals surface area contributed by atoms with Crippen LogP contribution in [-0.2, 0) is 26.4 Å². The average molecular weight is 332 g/mol. The third-order valence-electron chi connectivity index (χ3n) is 3.65. The molecule has 0 fully saturated rings. The summed E-state index contributed by atoms with van der Waals surface area (Å²) in [7, 11) is 1.94. The maximum atomic E-state index is 4.62. The average Bonchev–Trinajstić information content (AvgIpc) is 3.20. The van der Waals surface area contributed by atoms with Crippen molar-refractivity contribution in [2.45, 2.75) is 39.7 Å². The minimum atomic E-state index is 0.789. The summed E-state index contributed by atoms with van der Waals surface area (Å²) in [5, 5.41) is 18.9. The van der Waals surface area contributed by atoms with Crippen LogP contribution in [0, 0.1) is 0 Å². The van der Waals surface area contributed by atoms with Crippen LogP contribution in [0.3, 0.4) is 0 Å². The molecule has 0 atom stereocenters. The molecule has 2 aromatic rings. The van der Waals surface area contributed by atoms with Gasteiger partial charge in [-0.15, -0.1) is 10.2 Å². The van der Waals surface area contributed by atoms with Crippen molar-refractivity contribution in [1.29, 1.82) is 0 Å². The predicted molar refractivity (Wildman–Crippen MR) is 94.9 cm³/mol. The number of hydrogen-bond donors (Lipinski definition) is 2. The number of rotatable bonds is 9.